The predicted octanol–water partition coefficient (Wildman–Crippen LogP) is 4.07. The van der Waals surface area contributed by atoms with Crippen LogP contribution in [0.1, 0.15) is 13.8 Å². The second kappa shape index (κ2) is 24.4. The van der Waals surface area contributed by atoms with Crippen LogP contribution >= 0.6 is 25.3 Å². The lowest BCUT2D eigenvalue weighted by atomic mass is 10.4. The maximum atomic E-state index is 9.60. The zero-order valence-corrected chi connectivity index (χ0v) is 15.3. The van der Waals surface area contributed by atoms with E-state index in [1.54, 1.807) is 12.5 Å². The summed E-state index contributed by atoms with van der Waals surface area (Å²) in [6, 6.07) is 12.0. The maximum absolute atomic E-state index is 9.60. The Morgan fingerprint density at radius 1 is 0.682 bits per heavy atom. The Kier molecular flexibility index (Phi) is 31.6. The molecule has 0 saturated carbocycles. The van der Waals surface area contributed by atoms with E-state index in [9.17, 15) is 9.59 Å². The van der Waals surface area contributed by atoms with Gasteiger partial charge in [-0.05, 0) is 26.4 Å². The van der Waals surface area contributed by atoms with Crippen molar-refractivity contribution < 1.29 is 19.8 Å². The minimum atomic E-state index is -0.935. The summed E-state index contributed by atoms with van der Waals surface area (Å²) in [5, 5.41) is 15.8. The third kappa shape index (κ3) is 36.2. The molecule has 0 amide bonds. The van der Waals surface area contributed by atoms with Crippen molar-refractivity contribution in [1.82, 2.24) is 0 Å². The van der Waals surface area contributed by atoms with E-state index in [2.05, 4.69) is 38.4 Å². The molecule has 0 heterocycles. The predicted molar refractivity (Wildman–Crippen MR) is 101 cm³/mol. The summed E-state index contributed by atoms with van der Waals surface area (Å²) >= 11 is 7.06. The number of rotatable bonds is 2. The first-order valence-electron chi connectivity index (χ1n) is 5.96. The van der Waals surface area contributed by atoms with E-state index >= 15 is 0 Å². The van der Waals surface area contributed by atoms with E-state index in [0.717, 1.165) is 0 Å². The standard InChI is InChI=1S/C6H6.2C4H6O2.2CH4S/c1-2-4-6-5-3-1;2*1-3(2)4(5)6;2*1-2/h1-6H;2*1H2,2H3,(H,5,6);2*2H,1H3. The average Bonchev–Trinajstić information content (AvgIpc) is 2.54. The Morgan fingerprint density at radius 2 is 0.773 bits per heavy atom. The van der Waals surface area contributed by atoms with Gasteiger partial charge in [-0.1, -0.05) is 49.6 Å². The highest BCUT2D eigenvalue weighted by atomic mass is 32.1. The van der Waals surface area contributed by atoms with Gasteiger partial charge in [0.15, 0.2) is 0 Å². The molecule has 0 aliphatic carbocycles. The molecule has 0 fully saturated rings. The molecule has 6 heteroatoms. The lowest BCUT2D eigenvalue weighted by Gasteiger charge is -1.79. The number of carbonyl (C=O) groups is 2. The first-order valence-corrected chi connectivity index (χ1v) is 7.75. The van der Waals surface area contributed by atoms with E-state index in [1.165, 1.54) is 13.8 Å². The van der Waals surface area contributed by atoms with Crippen LogP contribution in [0.15, 0.2) is 60.7 Å². The van der Waals surface area contributed by atoms with Crippen molar-refractivity contribution in [1.29, 1.82) is 0 Å². The molecule has 126 valence electrons. The molecule has 0 unspecified atom stereocenters. The largest absolute Gasteiger partial charge is 0.478 e. The Morgan fingerprint density at radius 3 is 0.818 bits per heavy atom. The van der Waals surface area contributed by atoms with Crippen LogP contribution < -0.4 is 0 Å². The minimum Gasteiger partial charge on any atom is -0.478 e. The van der Waals surface area contributed by atoms with Gasteiger partial charge in [0.25, 0.3) is 0 Å². The number of hydrogen-bond acceptors (Lipinski definition) is 4. The number of carboxylic acid groups (broad SMARTS) is 2. The van der Waals surface area contributed by atoms with Crippen LogP contribution in [0.5, 0.6) is 0 Å². The summed E-state index contributed by atoms with van der Waals surface area (Å²) in [6.45, 7) is 9.20. The molecular weight excluding hydrogens is 320 g/mol. The summed E-state index contributed by atoms with van der Waals surface area (Å²) in [6.07, 6.45) is 3.39. The molecule has 0 saturated heterocycles. The summed E-state index contributed by atoms with van der Waals surface area (Å²) in [4.78, 5) is 19.2. The monoisotopic (exact) mass is 346 g/mol. The van der Waals surface area contributed by atoms with Crippen LogP contribution in [0.25, 0.3) is 0 Å². The van der Waals surface area contributed by atoms with Crippen molar-refractivity contribution >= 4 is 37.2 Å². The third-order valence-electron chi connectivity index (χ3n) is 1.40. The van der Waals surface area contributed by atoms with Gasteiger partial charge in [-0.15, -0.1) is 0 Å². The van der Waals surface area contributed by atoms with Crippen LogP contribution in [0, 0.1) is 0 Å². The van der Waals surface area contributed by atoms with E-state index in [1.807, 2.05) is 36.4 Å². The molecule has 1 aromatic carbocycles. The molecule has 4 nitrogen and oxygen atoms in total. The van der Waals surface area contributed by atoms with Gasteiger partial charge in [0.2, 0.25) is 0 Å². The highest BCUT2D eigenvalue weighted by molar-refractivity contribution is 7.79. The highest BCUT2D eigenvalue weighted by Crippen LogP contribution is 1.81. The lowest BCUT2D eigenvalue weighted by Crippen LogP contribution is -1.92. The van der Waals surface area contributed by atoms with Crippen LogP contribution in [0.4, 0.5) is 0 Å². The molecule has 0 aliphatic heterocycles. The fourth-order valence-corrected chi connectivity index (χ4v) is 0.385. The summed E-state index contributed by atoms with van der Waals surface area (Å²) in [5.74, 6) is -1.87. The van der Waals surface area contributed by atoms with Crippen LogP contribution in [0.3, 0.4) is 0 Å². The van der Waals surface area contributed by atoms with Gasteiger partial charge in [0, 0.05) is 11.1 Å². The molecule has 0 atom stereocenters. The van der Waals surface area contributed by atoms with Crippen molar-refractivity contribution in [2.24, 2.45) is 0 Å². The van der Waals surface area contributed by atoms with E-state index < -0.39 is 11.9 Å². The second-order valence-electron chi connectivity index (χ2n) is 3.33. The summed E-state index contributed by atoms with van der Waals surface area (Å²) in [5.41, 5.74) is 0.352. The summed E-state index contributed by atoms with van der Waals surface area (Å²) in [7, 11) is 0. The van der Waals surface area contributed by atoms with Crippen LogP contribution in [-0.2, 0) is 9.59 Å². The molecule has 0 radical (unpaired) electrons. The van der Waals surface area contributed by atoms with Gasteiger partial charge in [-0.2, -0.15) is 25.3 Å². The van der Waals surface area contributed by atoms with Gasteiger partial charge < -0.3 is 10.2 Å². The topological polar surface area (TPSA) is 74.6 Å². The number of benzene rings is 1. The smallest absolute Gasteiger partial charge is 0.330 e. The Bertz CT molecular complexity index is 329. The lowest BCUT2D eigenvalue weighted by molar-refractivity contribution is -0.133. The maximum Gasteiger partial charge on any atom is 0.330 e. The molecule has 0 aliphatic rings. The van der Waals surface area contributed by atoms with Crippen molar-refractivity contribution in [3.05, 3.63) is 60.7 Å². The van der Waals surface area contributed by atoms with Gasteiger partial charge in [0.1, 0.15) is 0 Å². The first kappa shape index (κ1) is 28.5. The molecule has 0 aromatic heterocycles. The second-order valence-corrected chi connectivity index (χ2v) is 3.33. The molecular formula is C16H26O4S2. The normalized spacial score (nSPS) is 6.82. The highest BCUT2D eigenvalue weighted by Gasteiger charge is 1.90. The summed E-state index contributed by atoms with van der Waals surface area (Å²) < 4.78 is 0. The van der Waals surface area contributed by atoms with Gasteiger partial charge in [-0.25, -0.2) is 9.59 Å². The third-order valence-corrected chi connectivity index (χ3v) is 1.40. The van der Waals surface area contributed by atoms with Crippen LogP contribution in [0.2, 0.25) is 0 Å². The van der Waals surface area contributed by atoms with Crippen molar-refractivity contribution in [2.75, 3.05) is 12.5 Å². The Balaban J connectivity index is -0.0000000990. The van der Waals surface area contributed by atoms with E-state index in [0.29, 0.717) is 0 Å². The van der Waals surface area contributed by atoms with Gasteiger partial charge >= 0.3 is 11.9 Å². The molecule has 2 N–H and O–H groups in total. The number of thiol groups is 2. The quantitative estimate of drug-likeness (QED) is 0.481. The average molecular weight is 347 g/mol. The zero-order chi connectivity index (χ0) is 18.6. The molecule has 1 rings (SSSR count). The molecule has 1 aromatic rings. The zero-order valence-electron chi connectivity index (χ0n) is 13.5. The fourth-order valence-electron chi connectivity index (χ4n) is 0.385. The number of aliphatic carboxylic acids is 2. The van der Waals surface area contributed by atoms with Crippen molar-refractivity contribution in [3.8, 4) is 0 Å². The van der Waals surface area contributed by atoms with Crippen molar-refractivity contribution in [2.45, 2.75) is 13.8 Å². The van der Waals surface area contributed by atoms with Gasteiger partial charge in [-0.3, -0.25) is 0 Å². The Labute approximate surface area is 144 Å². The number of carboxylic acids is 2. The first-order chi connectivity index (χ1) is 10.3. The molecule has 0 bridgehead atoms. The van der Waals surface area contributed by atoms with Crippen LogP contribution in [-0.4, -0.2) is 34.7 Å². The van der Waals surface area contributed by atoms with E-state index in [4.69, 9.17) is 10.2 Å². The molecule has 0 spiro atoms. The Hall–Kier alpha value is -1.66. The van der Waals surface area contributed by atoms with Gasteiger partial charge in [0.05, 0.1) is 0 Å². The number of hydrogen-bond donors (Lipinski definition) is 4. The fraction of sp³-hybridized carbons (Fsp3) is 0.250. The SMILES string of the molecule is C=C(C)C(=O)O.C=C(C)C(=O)O.CS.CS.c1ccccc1. The van der Waals surface area contributed by atoms with Crippen molar-refractivity contribution in [3.63, 3.8) is 0 Å². The molecule has 22 heavy (non-hydrogen) atoms. The van der Waals surface area contributed by atoms with E-state index in [-0.39, 0.29) is 11.1 Å². The minimum absolute atomic E-state index is 0.176.